The molecular weight excluding hydrogens is 310 g/mol. The Morgan fingerprint density at radius 2 is 2.17 bits per heavy atom. The highest BCUT2D eigenvalue weighted by molar-refractivity contribution is 7.89. The standard InChI is InChI=1S/C17H23N3O2S/c1-12-9-14-5-3-7-16(17(14)19-10-12)23(21,22)20-8-4-6-15(11-20)13(2)18/h3,5,7,9-10,13,15H,4,6,8,11,18H2,1-2H3/t13-,15-/m1/s1. The molecule has 1 aromatic carbocycles. The molecule has 0 saturated carbocycles. The van der Waals surface area contributed by atoms with Crippen LogP contribution in [0.4, 0.5) is 0 Å². The van der Waals surface area contributed by atoms with E-state index in [9.17, 15) is 8.42 Å². The van der Waals surface area contributed by atoms with Crippen LogP contribution in [0, 0.1) is 12.8 Å². The highest BCUT2D eigenvalue weighted by atomic mass is 32.2. The Bertz CT molecular complexity index is 818. The summed E-state index contributed by atoms with van der Waals surface area (Å²) in [6.07, 6.45) is 3.54. The third-order valence-corrected chi connectivity index (χ3v) is 6.49. The third-order valence-electron chi connectivity index (χ3n) is 4.59. The molecule has 1 aliphatic rings. The average Bonchev–Trinajstić information content (AvgIpc) is 2.54. The molecule has 23 heavy (non-hydrogen) atoms. The molecule has 2 heterocycles. The molecule has 0 unspecified atom stereocenters. The smallest absolute Gasteiger partial charge is 0.245 e. The van der Waals surface area contributed by atoms with Gasteiger partial charge >= 0.3 is 0 Å². The maximum absolute atomic E-state index is 13.1. The molecule has 0 aliphatic carbocycles. The Kier molecular flexibility index (Phi) is 4.40. The van der Waals surface area contributed by atoms with Gasteiger partial charge in [0.2, 0.25) is 10.0 Å². The number of hydrogen-bond acceptors (Lipinski definition) is 4. The summed E-state index contributed by atoms with van der Waals surface area (Å²) in [6, 6.07) is 7.29. The van der Waals surface area contributed by atoms with Gasteiger partial charge in [0.05, 0.1) is 5.52 Å². The fraction of sp³-hybridized carbons (Fsp3) is 0.471. The number of nitrogens with two attached hydrogens (primary N) is 1. The quantitative estimate of drug-likeness (QED) is 0.935. The first kappa shape index (κ1) is 16.4. The molecule has 1 aromatic heterocycles. The van der Waals surface area contributed by atoms with Gasteiger partial charge in [-0.3, -0.25) is 4.98 Å². The van der Waals surface area contributed by atoms with Crippen LogP contribution in [-0.4, -0.2) is 36.8 Å². The molecule has 0 spiro atoms. The van der Waals surface area contributed by atoms with Crippen molar-refractivity contribution in [1.82, 2.24) is 9.29 Å². The van der Waals surface area contributed by atoms with E-state index in [0.717, 1.165) is 23.8 Å². The van der Waals surface area contributed by atoms with Gasteiger partial charge in [-0.1, -0.05) is 12.1 Å². The predicted octanol–water partition coefficient (Wildman–Crippen LogP) is 2.29. The van der Waals surface area contributed by atoms with Crippen LogP contribution < -0.4 is 5.73 Å². The zero-order valence-corrected chi connectivity index (χ0v) is 14.4. The summed E-state index contributed by atoms with van der Waals surface area (Å²) in [5.41, 5.74) is 7.54. The molecule has 0 bridgehead atoms. The molecule has 0 amide bonds. The van der Waals surface area contributed by atoms with E-state index in [-0.39, 0.29) is 12.0 Å². The van der Waals surface area contributed by atoms with E-state index < -0.39 is 10.0 Å². The maximum Gasteiger partial charge on any atom is 0.245 e. The molecule has 2 atom stereocenters. The second-order valence-corrected chi connectivity index (χ2v) is 8.37. The Morgan fingerprint density at radius 3 is 2.91 bits per heavy atom. The van der Waals surface area contributed by atoms with Gasteiger partial charge in [-0.2, -0.15) is 4.31 Å². The number of rotatable bonds is 3. The van der Waals surface area contributed by atoms with Crippen LogP contribution in [0.2, 0.25) is 0 Å². The van der Waals surface area contributed by atoms with Gasteiger partial charge in [-0.15, -0.1) is 0 Å². The molecule has 6 heteroatoms. The van der Waals surface area contributed by atoms with Gasteiger partial charge in [0.25, 0.3) is 0 Å². The second kappa shape index (κ2) is 6.19. The first-order chi connectivity index (χ1) is 10.9. The minimum atomic E-state index is -3.55. The Morgan fingerprint density at radius 1 is 1.39 bits per heavy atom. The van der Waals surface area contributed by atoms with Crippen molar-refractivity contribution in [2.75, 3.05) is 13.1 Å². The van der Waals surface area contributed by atoms with E-state index in [0.29, 0.717) is 23.5 Å². The molecule has 0 radical (unpaired) electrons. The van der Waals surface area contributed by atoms with Gasteiger partial charge in [0.1, 0.15) is 4.90 Å². The largest absolute Gasteiger partial charge is 0.328 e. The number of benzene rings is 1. The lowest BCUT2D eigenvalue weighted by Crippen LogP contribution is -2.45. The number of para-hydroxylation sites is 1. The van der Waals surface area contributed by atoms with Crippen molar-refractivity contribution in [1.29, 1.82) is 0 Å². The van der Waals surface area contributed by atoms with E-state index in [1.807, 2.05) is 26.0 Å². The topological polar surface area (TPSA) is 76.3 Å². The molecule has 1 fully saturated rings. The SMILES string of the molecule is Cc1cnc2c(S(=O)(=O)N3CCC[C@@H]([C@@H](C)N)C3)cccc2c1. The second-order valence-electron chi connectivity index (χ2n) is 6.47. The van der Waals surface area contributed by atoms with E-state index in [1.54, 1.807) is 22.6 Å². The van der Waals surface area contributed by atoms with Gasteiger partial charge < -0.3 is 5.73 Å². The number of aryl methyl sites for hydroxylation is 1. The van der Waals surface area contributed by atoms with Gasteiger partial charge in [0, 0.05) is 30.7 Å². The molecule has 124 valence electrons. The van der Waals surface area contributed by atoms with Crippen LogP contribution in [0.3, 0.4) is 0 Å². The number of aromatic nitrogens is 1. The van der Waals surface area contributed by atoms with Crippen molar-refractivity contribution in [3.63, 3.8) is 0 Å². The molecule has 2 N–H and O–H groups in total. The van der Waals surface area contributed by atoms with Gasteiger partial charge in [0.15, 0.2) is 0 Å². The number of nitrogens with zero attached hydrogens (tertiary/aromatic N) is 2. The van der Waals surface area contributed by atoms with E-state index in [4.69, 9.17) is 5.73 Å². The zero-order valence-electron chi connectivity index (χ0n) is 13.6. The van der Waals surface area contributed by atoms with Crippen molar-refractivity contribution in [3.05, 3.63) is 36.0 Å². The summed E-state index contributed by atoms with van der Waals surface area (Å²) in [7, 11) is -3.55. The Balaban J connectivity index is 2.03. The Hall–Kier alpha value is -1.50. The molecule has 2 aromatic rings. The lowest BCUT2D eigenvalue weighted by atomic mass is 9.93. The number of pyridine rings is 1. The highest BCUT2D eigenvalue weighted by Gasteiger charge is 2.32. The first-order valence-electron chi connectivity index (χ1n) is 8.00. The van der Waals surface area contributed by atoms with Gasteiger partial charge in [-0.25, -0.2) is 8.42 Å². The van der Waals surface area contributed by atoms with Crippen molar-refractivity contribution in [3.8, 4) is 0 Å². The van der Waals surface area contributed by atoms with Crippen molar-refractivity contribution in [2.24, 2.45) is 11.7 Å². The summed E-state index contributed by atoms with van der Waals surface area (Å²) in [5.74, 6) is 0.212. The molecule has 5 nitrogen and oxygen atoms in total. The summed E-state index contributed by atoms with van der Waals surface area (Å²) in [5, 5.41) is 0.854. The average molecular weight is 333 g/mol. The molecule has 3 rings (SSSR count). The predicted molar refractivity (Wildman–Crippen MR) is 91.6 cm³/mol. The van der Waals surface area contributed by atoms with Crippen LogP contribution in [0.25, 0.3) is 10.9 Å². The monoisotopic (exact) mass is 333 g/mol. The summed E-state index contributed by atoms with van der Waals surface area (Å²) < 4.78 is 27.8. The fourth-order valence-corrected chi connectivity index (χ4v) is 4.91. The molecule has 1 saturated heterocycles. The van der Waals surface area contributed by atoms with Crippen LogP contribution in [0.5, 0.6) is 0 Å². The van der Waals surface area contributed by atoms with Crippen molar-refractivity contribution < 1.29 is 8.42 Å². The normalized spacial score (nSPS) is 21.4. The molecular formula is C17H23N3O2S. The lowest BCUT2D eigenvalue weighted by molar-refractivity contribution is 0.243. The summed E-state index contributed by atoms with van der Waals surface area (Å²) in [6.45, 7) is 4.94. The van der Waals surface area contributed by atoms with E-state index in [1.165, 1.54) is 0 Å². The number of sulfonamides is 1. The van der Waals surface area contributed by atoms with Crippen molar-refractivity contribution in [2.45, 2.75) is 37.6 Å². The highest BCUT2D eigenvalue weighted by Crippen LogP contribution is 2.28. The minimum Gasteiger partial charge on any atom is -0.328 e. The van der Waals surface area contributed by atoms with Crippen LogP contribution in [-0.2, 0) is 10.0 Å². The minimum absolute atomic E-state index is 0.00120. The van der Waals surface area contributed by atoms with Crippen LogP contribution in [0.1, 0.15) is 25.3 Å². The zero-order chi connectivity index (χ0) is 16.6. The number of hydrogen-bond donors (Lipinski definition) is 1. The van der Waals surface area contributed by atoms with Crippen LogP contribution >= 0.6 is 0 Å². The Labute approximate surface area is 137 Å². The maximum atomic E-state index is 13.1. The van der Waals surface area contributed by atoms with Gasteiger partial charge in [-0.05, 0) is 50.3 Å². The number of fused-ring (bicyclic) bond motifs is 1. The lowest BCUT2D eigenvalue weighted by Gasteiger charge is -2.33. The summed E-state index contributed by atoms with van der Waals surface area (Å²) in [4.78, 5) is 4.66. The summed E-state index contributed by atoms with van der Waals surface area (Å²) >= 11 is 0. The van der Waals surface area contributed by atoms with Crippen LogP contribution in [0.15, 0.2) is 35.4 Å². The third kappa shape index (κ3) is 3.11. The van der Waals surface area contributed by atoms with Crippen molar-refractivity contribution >= 4 is 20.9 Å². The fourth-order valence-electron chi connectivity index (χ4n) is 3.21. The number of piperidine rings is 1. The molecule has 1 aliphatic heterocycles. The first-order valence-corrected chi connectivity index (χ1v) is 9.44. The van der Waals surface area contributed by atoms with E-state index >= 15 is 0 Å². The van der Waals surface area contributed by atoms with E-state index in [2.05, 4.69) is 4.98 Å².